The van der Waals surface area contributed by atoms with Gasteiger partial charge in [-0.05, 0) is 105 Å². The van der Waals surface area contributed by atoms with Gasteiger partial charge in [0.15, 0.2) is 0 Å². The van der Waals surface area contributed by atoms with Crippen LogP contribution in [0.4, 0.5) is 11.4 Å². The molecule has 8 aromatic carbocycles. The molecule has 2 aliphatic rings. The molecule has 0 unspecified atom stereocenters. The smallest absolute Gasteiger partial charge is 0.333 e. The third-order valence-electron chi connectivity index (χ3n) is 14.1. The molecule has 0 saturated carbocycles. The second-order valence-electron chi connectivity index (χ2n) is 19.7. The second-order valence-corrected chi connectivity index (χ2v) is 20.8. The molecule has 0 radical (unpaired) electrons. The number of rotatable bonds is 1. The molecule has 14 rings (SSSR count). The number of hydrogen-bond donors (Lipinski definition) is 0. The van der Waals surface area contributed by atoms with Gasteiger partial charge in [-0.3, -0.25) is 0 Å². The number of aromatic nitrogens is 1. The van der Waals surface area contributed by atoms with Crippen molar-refractivity contribution >= 4 is 126 Å². The summed E-state index contributed by atoms with van der Waals surface area (Å²) in [5, 5.41) is 9.56. The number of furan rings is 2. The number of para-hydroxylation sites is 2. The lowest BCUT2D eigenvalue weighted by Gasteiger charge is -2.42. The fourth-order valence-electron chi connectivity index (χ4n) is 11.1. The molecule has 0 N–H and O–H groups in total. The fraction of sp³-hybridized carbons (Fsp3) is 0.143. The van der Waals surface area contributed by atoms with E-state index in [1.165, 1.54) is 91.9 Å². The Morgan fingerprint density at radius 2 is 1.21 bits per heavy atom. The van der Waals surface area contributed by atoms with Crippen LogP contribution in [0.3, 0.4) is 0 Å². The van der Waals surface area contributed by atoms with E-state index in [1.54, 1.807) is 0 Å². The van der Waals surface area contributed by atoms with Crippen molar-refractivity contribution in [3.8, 4) is 16.8 Å². The summed E-state index contributed by atoms with van der Waals surface area (Å²) in [4.78, 5) is 2.65. The van der Waals surface area contributed by atoms with Crippen molar-refractivity contribution in [2.24, 2.45) is 0 Å². The highest BCUT2D eigenvalue weighted by atomic mass is 32.1. The number of anilines is 2. The summed E-state index contributed by atoms with van der Waals surface area (Å²) >= 11 is 1.88. The van der Waals surface area contributed by atoms with Gasteiger partial charge < -0.3 is 18.2 Å². The summed E-state index contributed by atoms with van der Waals surface area (Å²) in [5.41, 5.74) is 17.2. The van der Waals surface area contributed by atoms with Crippen LogP contribution in [0.25, 0.3) is 103 Å². The van der Waals surface area contributed by atoms with E-state index in [9.17, 15) is 0 Å². The van der Waals surface area contributed by atoms with Crippen molar-refractivity contribution in [3.05, 3.63) is 151 Å². The van der Waals surface area contributed by atoms with E-state index >= 15 is 0 Å². The van der Waals surface area contributed by atoms with E-state index < -0.39 is 0 Å². The van der Waals surface area contributed by atoms with Crippen LogP contribution >= 0.6 is 11.3 Å². The molecule has 0 aliphatic carbocycles. The molecule has 0 atom stereocenters. The zero-order valence-electron chi connectivity index (χ0n) is 35.5. The first kappa shape index (κ1) is 34.9. The molecule has 6 heterocycles. The molecule has 62 heavy (non-hydrogen) atoms. The largest absolute Gasteiger partial charge is 0.456 e. The third-order valence-corrected chi connectivity index (χ3v) is 15.2. The molecular weight excluding hydrogens is 776 g/mol. The molecule has 6 heteroatoms. The molecule has 12 aromatic rings. The van der Waals surface area contributed by atoms with Gasteiger partial charge in [0.1, 0.15) is 22.3 Å². The average molecular weight is 817 g/mol. The normalized spacial score (nSPS) is 13.9. The summed E-state index contributed by atoms with van der Waals surface area (Å²) in [5.74, 6) is 0. The highest BCUT2D eigenvalue weighted by Gasteiger charge is 2.46. The van der Waals surface area contributed by atoms with E-state index in [-0.39, 0.29) is 17.7 Å². The quantitative estimate of drug-likeness (QED) is 0.155. The number of benzene rings is 8. The van der Waals surface area contributed by atoms with Gasteiger partial charge in [0.2, 0.25) is 0 Å². The Morgan fingerprint density at radius 1 is 0.516 bits per heavy atom. The lowest BCUT2D eigenvalue weighted by molar-refractivity contribution is 0.590. The molecule has 2 aliphatic heterocycles. The van der Waals surface area contributed by atoms with Crippen LogP contribution in [0.2, 0.25) is 0 Å². The van der Waals surface area contributed by atoms with Crippen LogP contribution in [0, 0.1) is 0 Å². The lowest BCUT2D eigenvalue weighted by Crippen LogP contribution is -2.60. The first-order chi connectivity index (χ1) is 30.0. The second kappa shape index (κ2) is 11.6. The van der Waals surface area contributed by atoms with Crippen LogP contribution in [0.1, 0.15) is 52.7 Å². The topological polar surface area (TPSA) is 34.5 Å². The minimum Gasteiger partial charge on any atom is -0.456 e. The van der Waals surface area contributed by atoms with Gasteiger partial charge in [0.05, 0.1) is 16.4 Å². The molecule has 0 fully saturated rings. The predicted octanol–water partition coefficient (Wildman–Crippen LogP) is 14.8. The molecule has 0 bridgehead atoms. The summed E-state index contributed by atoms with van der Waals surface area (Å²) in [6, 6.07) is 52.3. The highest BCUT2D eigenvalue weighted by Crippen LogP contribution is 2.53. The molecular formula is C56H41BN2O2S. The van der Waals surface area contributed by atoms with Gasteiger partial charge in [-0.1, -0.05) is 114 Å². The molecule has 0 amide bonds. The lowest BCUT2D eigenvalue weighted by atomic mass is 9.43. The van der Waals surface area contributed by atoms with E-state index in [0.29, 0.717) is 0 Å². The SMILES string of the molecule is CC(C)(C)c1ccc(N2B3c4cc5oc6ccccc6c5cc4-n4c5ccc(C(C)(C)C)cc5c5c6oc7ccccc7c6c(c3c54)-c3cc4c(cc32)sc2ccccc24)cc1. The Kier molecular flexibility index (Phi) is 6.52. The molecule has 4 nitrogen and oxygen atoms in total. The van der Waals surface area contributed by atoms with Gasteiger partial charge in [0.25, 0.3) is 0 Å². The summed E-state index contributed by atoms with van der Waals surface area (Å²) in [6.07, 6.45) is 0. The Morgan fingerprint density at radius 3 is 1.98 bits per heavy atom. The van der Waals surface area contributed by atoms with Gasteiger partial charge in [-0.15, -0.1) is 11.3 Å². The van der Waals surface area contributed by atoms with Crippen LogP contribution in [-0.4, -0.2) is 11.4 Å². The maximum atomic E-state index is 7.22. The molecule has 4 aromatic heterocycles. The molecule has 296 valence electrons. The molecule has 0 saturated heterocycles. The summed E-state index contributed by atoms with van der Waals surface area (Å²) in [7, 11) is 0. The zero-order chi connectivity index (χ0) is 41.6. The first-order valence-corrected chi connectivity index (χ1v) is 22.6. The summed E-state index contributed by atoms with van der Waals surface area (Å²) in [6.45, 7) is 13.6. The van der Waals surface area contributed by atoms with Crippen molar-refractivity contribution in [3.63, 3.8) is 0 Å². The number of nitrogens with zero attached hydrogens (tertiary/aromatic N) is 2. The van der Waals surface area contributed by atoms with Crippen LogP contribution in [-0.2, 0) is 10.8 Å². The number of hydrogen-bond acceptors (Lipinski definition) is 4. The van der Waals surface area contributed by atoms with Gasteiger partial charge in [-0.2, -0.15) is 0 Å². The highest BCUT2D eigenvalue weighted by molar-refractivity contribution is 7.25. The van der Waals surface area contributed by atoms with Crippen LogP contribution < -0.4 is 15.7 Å². The monoisotopic (exact) mass is 816 g/mol. The zero-order valence-corrected chi connectivity index (χ0v) is 36.3. The minimum atomic E-state index is -0.183. The van der Waals surface area contributed by atoms with Crippen molar-refractivity contribution in [2.45, 2.75) is 52.4 Å². The van der Waals surface area contributed by atoms with Gasteiger partial charge >= 0.3 is 6.85 Å². The van der Waals surface area contributed by atoms with E-state index in [0.717, 1.165) is 44.2 Å². The Hall–Kier alpha value is -6.76. The van der Waals surface area contributed by atoms with Crippen LogP contribution in [0.15, 0.2) is 148 Å². The Balaban J connectivity index is 1.24. The van der Waals surface area contributed by atoms with E-state index in [4.69, 9.17) is 8.83 Å². The number of thiophene rings is 1. The number of fused-ring (bicyclic) bond motifs is 19. The van der Waals surface area contributed by atoms with Gasteiger partial charge in [-0.25, -0.2) is 0 Å². The minimum absolute atomic E-state index is 0.0193. The van der Waals surface area contributed by atoms with Crippen molar-refractivity contribution in [1.29, 1.82) is 0 Å². The fourth-order valence-corrected chi connectivity index (χ4v) is 12.2. The maximum absolute atomic E-state index is 7.22. The third kappa shape index (κ3) is 4.42. The van der Waals surface area contributed by atoms with Gasteiger partial charge in [0, 0.05) is 69.7 Å². The first-order valence-electron chi connectivity index (χ1n) is 21.8. The van der Waals surface area contributed by atoms with E-state index in [1.807, 2.05) is 11.3 Å². The standard InChI is InChI=1S/C56H41BN2O2S/c1-55(2,3)30-19-22-32(23-20-30)59-42-29-48-37(34-14-9-12-18-47(34)62-48)26-39(42)49-50-35-15-8-11-17-45(35)61-54(50)51-38-25-31(56(4,5)6)21-24-41(38)58-43-27-36-33-13-7-10-16-44(33)60-46(36)28-40(43)57(59)52(49)53(51)58/h7-29H,1-6H3. The van der Waals surface area contributed by atoms with Crippen molar-refractivity contribution < 1.29 is 8.83 Å². The van der Waals surface area contributed by atoms with Crippen molar-refractivity contribution in [2.75, 3.05) is 4.81 Å². The Labute approximate surface area is 362 Å². The average Bonchev–Trinajstić information content (AvgIpc) is 4.02. The Bertz CT molecular complexity index is 3960. The maximum Gasteiger partial charge on any atom is 0.333 e. The predicted molar refractivity (Wildman–Crippen MR) is 265 cm³/mol. The molecule has 0 spiro atoms. The summed E-state index contributed by atoms with van der Waals surface area (Å²) < 4.78 is 19.1. The van der Waals surface area contributed by atoms with Crippen LogP contribution in [0.5, 0.6) is 0 Å². The van der Waals surface area contributed by atoms with E-state index in [2.05, 4.69) is 190 Å². The van der Waals surface area contributed by atoms with Crippen molar-refractivity contribution in [1.82, 2.24) is 4.57 Å².